The Morgan fingerprint density at radius 2 is 1.97 bits per heavy atom. The number of carbonyl (C=O) groups is 2. The van der Waals surface area contributed by atoms with Crippen molar-refractivity contribution in [2.45, 2.75) is 38.9 Å². The number of hydrogen-bond donors (Lipinski definition) is 4. The first-order chi connectivity index (χ1) is 17.7. The van der Waals surface area contributed by atoms with Crippen LogP contribution in [0.3, 0.4) is 0 Å². The lowest BCUT2D eigenvalue weighted by Gasteiger charge is -2.28. The Morgan fingerprint density at radius 3 is 2.68 bits per heavy atom. The number of nitrogens with zero attached hydrogens (tertiary/aromatic N) is 2. The molecule has 4 N–H and O–H groups in total. The summed E-state index contributed by atoms with van der Waals surface area (Å²) in [5.41, 5.74) is -1.44. The van der Waals surface area contributed by atoms with Crippen molar-refractivity contribution in [3.63, 3.8) is 0 Å². The third-order valence-corrected chi connectivity index (χ3v) is 6.46. The van der Waals surface area contributed by atoms with Gasteiger partial charge in [-0.2, -0.15) is 4.37 Å². The predicted octanol–water partition coefficient (Wildman–Crippen LogP) is 3.13. The maximum Gasteiger partial charge on any atom is 0.344 e. The van der Waals surface area contributed by atoms with E-state index in [4.69, 9.17) is 9.47 Å². The smallest absolute Gasteiger partial charge is 0.344 e. The fourth-order valence-electron chi connectivity index (χ4n) is 3.70. The number of aryl methyl sites for hydroxylation is 1. The van der Waals surface area contributed by atoms with E-state index in [2.05, 4.69) is 19.9 Å². The van der Waals surface area contributed by atoms with Crippen LogP contribution in [0.15, 0.2) is 6.07 Å². The van der Waals surface area contributed by atoms with Crippen molar-refractivity contribution >= 4 is 28.5 Å². The summed E-state index contributed by atoms with van der Waals surface area (Å²) in [5, 5.41) is 24.5. The SMILES string of the molecule is Cc1cc(F)c(COc2nsc(NC(=O)NCCCCC(O)CN3CCOCC3)c2C(=O)O)c(F)c1F. The highest BCUT2D eigenvalue weighted by atomic mass is 32.1. The molecule has 37 heavy (non-hydrogen) atoms. The number of carboxylic acids is 1. The Labute approximate surface area is 215 Å². The lowest BCUT2D eigenvalue weighted by atomic mass is 10.1. The van der Waals surface area contributed by atoms with Crippen LogP contribution in [-0.2, 0) is 11.3 Å². The van der Waals surface area contributed by atoms with E-state index in [1.165, 1.54) is 6.92 Å². The van der Waals surface area contributed by atoms with Crippen molar-refractivity contribution in [3.05, 3.63) is 40.2 Å². The van der Waals surface area contributed by atoms with Crippen molar-refractivity contribution in [2.24, 2.45) is 0 Å². The Kier molecular flexibility index (Phi) is 10.5. The van der Waals surface area contributed by atoms with Gasteiger partial charge in [-0.3, -0.25) is 10.2 Å². The number of β-amino-alcohol motifs (C(OH)–C–C–N with tert-alkyl or cyclic N) is 1. The van der Waals surface area contributed by atoms with E-state index in [-0.39, 0.29) is 17.1 Å². The molecule has 1 fully saturated rings. The van der Waals surface area contributed by atoms with E-state index in [1.807, 2.05) is 0 Å². The monoisotopic (exact) mass is 546 g/mol. The minimum atomic E-state index is -1.48. The molecule has 1 aliphatic rings. The largest absolute Gasteiger partial charge is 0.477 e. The van der Waals surface area contributed by atoms with Gasteiger partial charge in [-0.25, -0.2) is 22.8 Å². The highest BCUT2D eigenvalue weighted by molar-refractivity contribution is 7.11. The number of rotatable bonds is 12. The van der Waals surface area contributed by atoms with E-state index in [9.17, 15) is 33.0 Å². The molecule has 1 unspecified atom stereocenters. The molecule has 2 amide bonds. The second kappa shape index (κ2) is 13.6. The van der Waals surface area contributed by atoms with Crippen LogP contribution >= 0.6 is 11.5 Å². The number of halogens is 3. The molecule has 0 spiro atoms. The molecule has 204 valence electrons. The Bertz CT molecular complexity index is 1100. The molecule has 0 saturated carbocycles. The van der Waals surface area contributed by atoms with Crippen LogP contribution in [0.25, 0.3) is 0 Å². The van der Waals surface area contributed by atoms with Crippen LogP contribution in [0, 0.1) is 24.4 Å². The summed E-state index contributed by atoms with van der Waals surface area (Å²) < 4.78 is 56.1. The topological polar surface area (TPSA) is 133 Å². The summed E-state index contributed by atoms with van der Waals surface area (Å²) in [6.07, 6.45) is 1.38. The van der Waals surface area contributed by atoms with Crippen LogP contribution in [0.5, 0.6) is 5.88 Å². The van der Waals surface area contributed by atoms with Crippen molar-refractivity contribution in [3.8, 4) is 5.88 Å². The predicted molar refractivity (Wildman–Crippen MR) is 129 cm³/mol. The highest BCUT2D eigenvalue weighted by Gasteiger charge is 2.25. The van der Waals surface area contributed by atoms with Crippen LogP contribution < -0.4 is 15.4 Å². The maximum absolute atomic E-state index is 14.1. The third kappa shape index (κ3) is 8.02. The zero-order valence-electron chi connectivity index (χ0n) is 20.2. The number of amides is 2. The minimum Gasteiger partial charge on any atom is -0.477 e. The molecule has 1 aromatic heterocycles. The number of urea groups is 1. The van der Waals surface area contributed by atoms with E-state index in [0.29, 0.717) is 50.6 Å². The zero-order valence-corrected chi connectivity index (χ0v) is 21.0. The number of hydrogen-bond acceptors (Lipinski definition) is 8. The number of carboxylic acid groups (broad SMARTS) is 1. The minimum absolute atomic E-state index is 0.142. The molecular weight excluding hydrogens is 517 g/mol. The molecule has 1 atom stereocenters. The van der Waals surface area contributed by atoms with Crippen LogP contribution in [0.2, 0.25) is 0 Å². The van der Waals surface area contributed by atoms with Crippen LogP contribution in [0.1, 0.15) is 40.7 Å². The second-order valence-electron chi connectivity index (χ2n) is 8.51. The number of aliphatic hydroxyl groups is 1. The number of carbonyl (C=O) groups excluding carboxylic acids is 1. The zero-order chi connectivity index (χ0) is 26.9. The first kappa shape index (κ1) is 28.6. The Morgan fingerprint density at radius 1 is 1.24 bits per heavy atom. The van der Waals surface area contributed by atoms with Crippen molar-refractivity contribution in [2.75, 3.05) is 44.7 Å². The fraction of sp³-hybridized carbons (Fsp3) is 0.522. The van der Waals surface area contributed by atoms with E-state index in [1.54, 1.807) is 0 Å². The highest BCUT2D eigenvalue weighted by Crippen LogP contribution is 2.32. The van der Waals surface area contributed by atoms with Gasteiger partial charge in [0.1, 0.15) is 17.4 Å². The van der Waals surface area contributed by atoms with Gasteiger partial charge in [0.2, 0.25) is 5.88 Å². The van der Waals surface area contributed by atoms with E-state index >= 15 is 0 Å². The lowest BCUT2D eigenvalue weighted by Crippen LogP contribution is -2.40. The lowest BCUT2D eigenvalue weighted by molar-refractivity contribution is 0.0128. The average Bonchev–Trinajstić information content (AvgIpc) is 3.25. The molecule has 2 heterocycles. The molecule has 0 aliphatic carbocycles. The van der Waals surface area contributed by atoms with Crippen molar-refractivity contribution < 1.29 is 42.4 Å². The molecule has 0 bridgehead atoms. The van der Waals surface area contributed by atoms with Crippen molar-refractivity contribution in [1.82, 2.24) is 14.6 Å². The number of ether oxygens (including phenoxy) is 2. The van der Waals surface area contributed by atoms with Gasteiger partial charge < -0.3 is 25.0 Å². The molecule has 2 aromatic rings. The number of aliphatic hydroxyl groups excluding tert-OH is 1. The number of aromatic nitrogens is 1. The maximum atomic E-state index is 14.1. The quantitative estimate of drug-likeness (QED) is 0.236. The number of unbranched alkanes of at least 4 members (excludes halogenated alkanes) is 1. The van der Waals surface area contributed by atoms with Crippen molar-refractivity contribution in [1.29, 1.82) is 0 Å². The van der Waals surface area contributed by atoms with Gasteiger partial charge in [-0.1, -0.05) is 0 Å². The molecule has 10 nitrogen and oxygen atoms in total. The number of morpholine rings is 1. The average molecular weight is 547 g/mol. The third-order valence-electron chi connectivity index (χ3n) is 5.71. The Hall–Kier alpha value is -2.94. The summed E-state index contributed by atoms with van der Waals surface area (Å²) in [7, 11) is 0. The summed E-state index contributed by atoms with van der Waals surface area (Å²) in [4.78, 5) is 26.1. The molecular formula is C23H29F3N4O6S. The summed E-state index contributed by atoms with van der Waals surface area (Å²) in [5.74, 6) is -5.67. The molecule has 1 aromatic carbocycles. The normalized spacial score (nSPS) is 14.8. The molecule has 1 aliphatic heterocycles. The second-order valence-corrected chi connectivity index (χ2v) is 9.28. The first-order valence-corrected chi connectivity index (χ1v) is 12.5. The van der Waals surface area contributed by atoms with E-state index in [0.717, 1.165) is 19.2 Å². The van der Waals surface area contributed by atoms with Gasteiger partial charge in [-0.15, -0.1) is 0 Å². The molecule has 14 heteroatoms. The van der Waals surface area contributed by atoms with Gasteiger partial charge in [0, 0.05) is 26.2 Å². The number of aromatic carboxylic acids is 1. The number of benzene rings is 1. The van der Waals surface area contributed by atoms with Gasteiger partial charge in [0.25, 0.3) is 0 Å². The van der Waals surface area contributed by atoms with Gasteiger partial charge in [0.15, 0.2) is 17.2 Å². The van der Waals surface area contributed by atoms with Crippen LogP contribution in [0.4, 0.5) is 23.0 Å². The summed E-state index contributed by atoms with van der Waals surface area (Å²) in [6.45, 7) is 4.16. The van der Waals surface area contributed by atoms with Crippen LogP contribution in [-0.4, -0.2) is 77.0 Å². The summed E-state index contributed by atoms with van der Waals surface area (Å²) in [6, 6.07) is 0.127. The standard InChI is InChI=1S/C23H29F3N4O6S/c1-13-10-16(24)15(19(26)18(13)25)12-36-20-17(22(32)33)21(37-29-20)28-23(34)27-5-3-2-4-14(31)11-30-6-8-35-9-7-30/h10,14,31H,2-9,11-12H2,1H3,(H,32,33)(H2,27,28,34). The van der Waals surface area contributed by atoms with Gasteiger partial charge in [-0.05, 0) is 49.3 Å². The number of anilines is 1. The first-order valence-electron chi connectivity index (χ1n) is 11.7. The molecule has 3 rings (SSSR count). The summed E-state index contributed by atoms with van der Waals surface area (Å²) >= 11 is 0.610. The van der Waals surface area contributed by atoms with Gasteiger partial charge in [0.05, 0.1) is 24.9 Å². The fourth-order valence-corrected chi connectivity index (χ4v) is 4.42. The van der Waals surface area contributed by atoms with Gasteiger partial charge >= 0.3 is 12.0 Å². The van der Waals surface area contributed by atoms with E-state index < -0.39 is 59.2 Å². The molecule has 0 radical (unpaired) electrons. The number of nitrogens with one attached hydrogen (secondary N) is 2. The molecule has 1 saturated heterocycles. The Balaban J connectivity index is 1.46.